The van der Waals surface area contributed by atoms with Crippen LogP contribution in [0.4, 0.5) is 5.69 Å². The summed E-state index contributed by atoms with van der Waals surface area (Å²) in [5, 5.41) is 13.0. The van der Waals surface area contributed by atoms with Crippen LogP contribution >= 0.6 is 27.5 Å². The van der Waals surface area contributed by atoms with Gasteiger partial charge in [-0.3, -0.25) is 0 Å². The molecule has 0 spiro atoms. The summed E-state index contributed by atoms with van der Waals surface area (Å²) in [6.45, 7) is 1.57. The molecule has 0 amide bonds. The maximum absolute atomic E-state index is 11.5. The second kappa shape index (κ2) is 7.26. The molecule has 0 aliphatic heterocycles. The molecule has 20 heavy (non-hydrogen) atoms. The Hall–Kier alpha value is -0.820. The van der Waals surface area contributed by atoms with E-state index in [9.17, 15) is 9.90 Å². The van der Waals surface area contributed by atoms with Gasteiger partial charge in [-0.25, -0.2) is 4.79 Å². The average molecular weight is 367 g/mol. The van der Waals surface area contributed by atoms with Crippen molar-refractivity contribution in [3.63, 3.8) is 0 Å². The van der Waals surface area contributed by atoms with Gasteiger partial charge in [0.1, 0.15) is 5.54 Å². The van der Waals surface area contributed by atoms with Crippen LogP contribution in [0.1, 0.15) is 13.3 Å². The van der Waals surface area contributed by atoms with Gasteiger partial charge in [-0.1, -0.05) is 11.6 Å². The summed E-state index contributed by atoms with van der Waals surface area (Å²) in [4.78, 5) is 11.5. The normalized spacial score (nSPS) is 14.1. The highest BCUT2D eigenvalue weighted by atomic mass is 79.9. The number of hydrogen-bond donors (Lipinski definition) is 2. The van der Waals surface area contributed by atoms with Crippen molar-refractivity contribution in [2.75, 3.05) is 19.5 Å². The zero-order chi connectivity index (χ0) is 15.3. The molecule has 0 bridgehead atoms. The lowest BCUT2D eigenvalue weighted by molar-refractivity contribution is -0.150. The topological polar surface area (TPSA) is 67.8 Å². The van der Waals surface area contributed by atoms with Crippen molar-refractivity contribution in [2.24, 2.45) is 0 Å². The number of carboxylic acids is 1. The first-order valence-corrected chi connectivity index (χ1v) is 7.01. The number of halogens is 2. The number of aliphatic carboxylic acids is 1. The third-order valence-electron chi connectivity index (χ3n) is 2.91. The molecule has 0 saturated heterocycles. The van der Waals surface area contributed by atoms with Gasteiger partial charge in [-0.05, 0) is 41.1 Å². The first kappa shape index (κ1) is 17.2. The lowest BCUT2D eigenvalue weighted by Crippen LogP contribution is -2.46. The molecule has 1 rings (SSSR count). The first-order valence-electron chi connectivity index (χ1n) is 5.84. The van der Waals surface area contributed by atoms with Crippen LogP contribution < -0.4 is 5.32 Å². The minimum absolute atomic E-state index is 0.148. The molecule has 0 fully saturated rings. The van der Waals surface area contributed by atoms with Gasteiger partial charge in [-0.15, -0.1) is 0 Å². The lowest BCUT2D eigenvalue weighted by atomic mass is 9.97. The van der Waals surface area contributed by atoms with Gasteiger partial charge < -0.3 is 19.9 Å². The summed E-state index contributed by atoms with van der Waals surface area (Å²) in [5.41, 5.74) is -0.596. The molecule has 7 heteroatoms. The highest BCUT2D eigenvalue weighted by Gasteiger charge is 2.36. The van der Waals surface area contributed by atoms with Crippen LogP contribution in [0.25, 0.3) is 0 Å². The molecule has 5 nitrogen and oxygen atoms in total. The molecule has 0 aliphatic rings. The van der Waals surface area contributed by atoms with Crippen molar-refractivity contribution < 1.29 is 19.4 Å². The van der Waals surface area contributed by atoms with Crippen molar-refractivity contribution in [1.29, 1.82) is 0 Å². The number of rotatable bonds is 7. The van der Waals surface area contributed by atoms with Gasteiger partial charge in [0.25, 0.3) is 0 Å². The Kier molecular flexibility index (Phi) is 6.26. The Labute approximate surface area is 131 Å². The summed E-state index contributed by atoms with van der Waals surface area (Å²) < 4.78 is 10.8. The van der Waals surface area contributed by atoms with E-state index in [1.165, 1.54) is 14.2 Å². The van der Waals surface area contributed by atoms with Crippen molar-refractivity contribution >= 4 is 39.2 Å². The summed E-state index contributed by atoms with van der Waals surface area (Å²) >= 11 is 9.21. The van der Waals surface area contributed by atoms with E-state index in [0.29, 0.717) is 15.2 Å². The van der Waals surface area contributed by atoms with E-state index in [4.69, 9.17) is 21.1 Å². The monoisotopic (exact) mass is 365 g/mol. The van der Waals surface area contributed by atoms with Gasteiger partial charge in [0.2, 0.25) is 0 Å². The molecule has 0 saturated carbocycles. The van der Waals surface area contributed by atoms with E-state index in [0.717, 1.165) is 0 Å². The molecule has 2 N–H and O–H groups in total. The van der Waals surface area contributed by atoms with E-state index < -0.39 is 17.8 Å². The SMILES string of the molecule is COC(CC(C)(Nc1ccc(Cl)c(Br)c1)C(=O)O)OC. The van der Waals surface area contributed by atoms with Crippen molar-refractivity contribution in [3.05, 3.63) is 27.7 Å². The largest absolute Gasteiger partial charge is 0.480 e. The molecule has 1 unspecified atom stereocenters. The standard InChI is InChI=1S/C13H17BrClNO4/c1-13(12(17)18,7-11(19-2)20-3)16-8-4-5-10(15)9(14)6-8/h4-6,11,16H,7H2,1-3H3,(H,17,18). The predicted octanol–water partition coefficient (Wildman–Crippen LogP) is 3.37. The third kappa shape index (κ3) is 4.34. The fraction of sp³-hybridized carbons (Fsp3) is 0.462. The van der Waals surface area contributed by atoms with Crippen molar-refractivity contribution in [3.8, 4) is 0 Å². The highest BCUT2D eigenvalue weighted by molar-refractivity contribution is 9.10. The van der Waals surface area contributed by atoms with Crippen LogP contribution in [0, 0.1) is 0 Å². The number of carboxylic acid groups (broad SMARTS) is 1. The Morgan fingerprint density at radius 2 is 2.10 bits per heavy atom. The lowest BCUT2D eigenvalue weighted by Gasteiger charge is -2.30. The summed E-state index contributed by atoms with van der Waals surface area (Å²) in [6.07, 6.45) is -0.463. The number of methoxy groups -OCH3 is 2. The van der Waals surface area contributed by atoms with Crippen LogP contribution in [-0.2, 0) is 14.3 Å². The van der Waals surface area contributed by atoms with E-state index in [1.54, 1.807) is 25.1 Å². The molecule has 0 heterocycles. The maximum atomic E-state index is 11.5. The van der Waals surface area contributed by atoms with Crippen LogP contribution in [-0.4, -0.2) is 37.1 Å². The van der Waals surface area contributed by atoms with Crippen LogP contribution in [0.5, 0.6) is 0 Å². The number of carbonyl (C=O) groups is 1. The Morgan fingerprint density at radius 3 is 2.55 bits per heavy atom. The molecule has 1 aromatic carbocycles. The Balaban J connectivity index is 2.95. The predicted molar refractivity (Wildman–Crippen MR) is 81.2 cm³/mol. The molecule has 1 aromatic rings. The number of nitrogens with one attached hydrogen (secondary N) is 1. The van der Waals surface area contributed by atoms with Crippen LogP contribution in [0.15, 0.2) is 22.7 Å². The minimum Gasteiger partial charge on any atom is -0.480 e. The van der Waals surface area contributed by atoms with E-state index >= 15 is 0 Å². The molecule has 112 valence electrons. The van der Waals surface area contributed by atoms with Crippen molar-refractivity contribution in [1.82, 2.24) is 0 Å². The maximum Gasteiger partial charge on any atom is 0.329 e. The third-order valence-corrected chi connectivity index (χ3v) is 4.13. The summed E-state index contributed by atoms with van der Waals surface area (Å²) in [7, 11) is 2.94. The Morgan fingerprint density at radius 1 is 1.50 bits per heavy atom. The number of hydrogen-bond acceptors (Lipinski definition) is 4. The zero-order valence-corrected chi connectivity index (χ0v) is 13.8. The summed E-state index contributed by atoms with van der Waals surface area (Å²) in [6, 6.07) is 5.11. The fourth-order valence-electron chi connectivity index (χ4n) is 1.68. The van der Waals surface area contributed by atoms with E-state index in [2.05, 4.69) is 21.2 Å². The van der Waals surface area contributed by atoms with Gasteiger partial charge >= 0.3 is 5.97 Å². The van der Waals surface area contributed by atoms with E-state index in [-0.39, 0.29) is 6.42 Å². The molecule has 0 aromatic heterocycles. The molecule has 0 aliphatic carbocycles. The Bertz CT molecular complexity index is 481. The average Bonchev–Trinajstić information content (AvgIpc) is 2.40. The highest BCUT2D eigenvalue weighted by Crippen LogP contribution is 2.28. The smallest absolute Gasteiger partial charge is 0.329 e. The van der Waals surface area contributed by atoms with E-state index in [1.807, 2.05) is 0 Å². The molecular formula is C13H17BrClNO4. The molecule has 0 radical (unpaired) electrons. The van der Waals surface area contributed by atoms with Gasteiger partial charge in [0, 0.05) is 30.8 Å². The van der Waals surface area contributed by atoms with Crippen molar-refractivity contribution in [2.45, 2.75) is 25.2 Å². The van der Waals surface area contributed by atoms with Gasteiger partial charge in [-0.2, -0.15) is 0 Å². The molecular weight excluding hydrogens is 350 g/mol. The fourth-order valence-corrected chi connectivity index (χ4v) is 2.18. The van der Waals surface area contributed by atoms with Crippen LogP contribution in [0.3, 0.4) is 0 Å². The number of benzene rings is 1. The number of anilines is 1. The quantitative estimate of drug-likeness (QED) is 0.724. The van der Waals surface area contributed by atoms with Gasteiger partial charge in [0.05, 0.1) is 5.02 Å². The molecule has 1 atom stereocenters. The summed E-state index contributed by atoms with van der Waals surface area (Å²) in [5.74, 6) is -0.998. The minimum atomic E-state index is -1.23. The first-order chi connectivity index (χ1) is 9.32. The number of ether oxygens (including phenoxy) is 2. The van der Waals surface area contributed by atoms with Gasteiger partial charge in [0.15, 0.2) is 6.29 Å². The second-order valence-corrected chi connectivity index (χ2v) is 5.76. The zero-order valence-electron chi connectivity index (χ0n) is 11.4. The second-order valence-electron chi connectivity index (χ2n) is 4.50. The van der Waals surface area contributed by atoms with Crippen LogP contribution in [0.2, 0.25) is 5.02 Å².